The molecule has 1 aliphatic heterocycles. The predicted molar refractivity (Wildman–Crippen MR) is 99.7 cm³/mol. The number of carbonyl (C=O) groups is 2. The number of sulfonamides is 1. The average molecular weight is 395 g/mol. The Morgan fingerprint density at radius 2 is 1.63 bits per heavy atom. The summed E-state index contributed by atoms with van der Waals surface area (Å²) in [5.41, 5.74) is 0.373. The highest BCUT2D eigenvalue weighted by Crippen LogP contribution is 2.21. The molecule has 2 fully saturated rings. The van der Waals surface area contributed by atoms with Gasteiger partial charge in [-0.15, -0.1) is 0 Å². The van der Waals surface area contributed by atoms with Crippen LogP contribution in [0, 0.1) is 0 Å². The summed E-state index contributed by atoms with van der Waals surface area (Å²) in [6.07, 6.45) is 4.94. The topological polar surface area (TPSA) is 105 Å². The number of benzene rings is 1. The molecule has 0 radical (unpaired) electrons. The van der Waals surface area contributed by atoms with Crippen LogP contribution in [0.25, 0.3) is 0 Å². The van der Waals surface area contributed by atoms with E-state index in [2.05, 4.69) is 10.0 Å². The van der Waals surface area contributed by atoms with Crippen LogP contribution in [-0.2, 0) is 24.3 Å². The van der Waals surface area contributed by atoms with Crippen LogP contribution in [0.3, 0.4) is 0 Å². The fraction of sp³-hybridized carbons (Fsp3) is 0.556. The minimum Gasteiger partial charge on any atom is -0.378 e. The van der Waals surface area contributed by atoms with Gasteiger partial charge in [0.2, 0.25) is 10.0 Å². The molecule has 0 aromatic heterocycles. The first-order valence-electron chi connectivity index (χ1n) is 9.26. The molecule has 1 saturated heterocycles. The first kappa shape index (κ1) is 19.8. The molecule has 1 saturated carbocycles. The Morgan fingerprint density at radius 3 is 2.26 bits per heavy atom. The van der Waals surface area contributed by atoms with E-state index in [4.69, 9.17) is 4.74 Å². The van der Waals surface area contributed by atoms with Gasteiger partial charge < -0.3 is 15.0 Å². The summed E-state index contributed by atoms with van der Waals surface area (Å²) in [4.78, 5) is 25.8. The molecular formula is C18H25N3O5S. The fourth-order valence-corrected chi connectivity index (χ4v) is 4.62. The van der Waals surface area contributed by atoms with Gasteiger partial charge in [0.1, 0.15) is 0 Å². The lowest BCUT2D eigenvalue weighted by atomic mass is 9.96. The van der Waals surface area contributed by atoms with Crippen molar-refractivity contribution >= 4 is 27.5 Å². The lowest BCUT2D eigenvalue weighted by Gasteiger charge is -2.26. The number of rotatable bonds is 4. The number of anilines is 1. The van der Waals surface area contributed by atoms with Crippen LogP contribution >= 0.6 is 0 Å². The number of hydrogen-bond acceptors (Lipinski definition) is 5. The van der Waals surface area contributed by atoms with Crippen LogP contribution in [0.2, 0.25) is 0 Å². The van der Waals surface area contributed by atoms with Gasteiger partial charge in [0, 0.05) is 24.8 Å². The maximum absolute atomic E-state index is 12.5. The van der Waals surface area contributed by atoms with Gasteiger partial charge in [-0.1, -0.05) is 19.3 Å². The molecule has 0 spiro atoms. The smallest absolute Gasteiger partial charge is 0.313 e. The maximum Gasteiger partial charge on any atom is 0.313 e. The average Bonchev–Trinajstić information content (AvgIpc) is 2.69. The molecule has 2 N–H and O–H groups in total. The highest BCUT2D eigenvalue weighted by Gasteiger charge is 2.24. The Kier molecular flexibility index (Phi) is 6.46. The molecule has 1 heterocycles. The van der Waals surface area contributed by atoms with Gasteiger partial charge in [0.15, 0.2) is 0 Å². The third kappa shape index (κ3) is 5.27. The van der Waals surface area contributed by atoms with Crippen LogP contribution in [0.4, 0.5) is 5.69 Å². The SMILES string of the molecule is O=C(Nc1ccc(S(=O)(=O)NC2CCCCC2)cc1)C(=O)N1CCOCC1. The van der Waals surface area contributed by atoms with Crippen LogP contribution in [0.1, 0.15) is 32.1 Å². The van der Waals surface area contributed by atoms with Crippen LogP contribution in [-0.4, -0.2) is 57.5 Å². The Labute approximate surface area is 159 Å². The third-order valence-corrected chi connectivity index (χ3v) is 6.38. The van der Waals surface area contributed by atoms with Gasteiger partial charge in [-0.25, -0.2) is 13.1 Å². The minimum atomic E-state index is -3.59. The molecule has 0 atom stereocenters. The summed E-state index contributed by atoms with van der Waals surface area (Å²) in [5.74, 6) is -1.36. The number of nitrogens with zero attached hydrogens (tertiary/aromatic N) is 1. The zero-order valence-electron chi connectivity index (χ0n) is 15.1. The molecule has 9 heteroatoms. The molecular weight excluding hydrogens is 370 g/mol. The van der Waals surface area contributed by atoms with Crippen molar-refractivity contribution < 1.29 is 22.7 Å². The van der Waals surface area contributed by atoms with Gasteiger partial charge in [-0.3, -0.25) is 9.59 Å². The first-order valence-corrected chi connectivity index (χ1v) is 10.7. The quantitative estimate of drug-likeness (QED) is 0.743. The number of ether oxygens (including phenoxy) is 1. The molecule has 148 valence electrons. The van der Waals surface area contributed by atoms with Crippen LogP contribution in [0.15, 0.2) is 29.2 Å². The normalized spacial score (nSPS) is 18.9. The lowest BCUT2D eigenvalue weighted by Crippen LogP contribution is -2.45. The molecule has 2 aliphatic rings. The summed E-state index contributed by atoms with van der Waals surface area (Å²) in [5, 5.41) is 2.51. The summed E-state index contributed by atoms with van der Waals surface area (Å²) in [7, 11) is -3.59. The van der Waals surface area contributed by atoms with Gasteiger partial charge in [-0.2, -0.15) is 0 Å². The number of nitrogens with one attached hydrogen (secondary N) is 2. The Balaban J connectivity index is 1.59. The van der Waals surface area contributed by atoms with Gasteiger partial charge in [-0.05, 0) is 37.1 Å². The summed E-state index contributed by atoms with van der Waals surface area (Å²) in [6.45, 7) is 1.60. The van der Waals surface area contributed by atoms with Crippen molar-refractivity contribution in [2.24, 2.45) is 0 Å². The van der Waals surface area contributed by atoms with E-state index in [0.717, 1.165) is 32.1 Å². The van der Waals surface area contributed by atoms with E-state index in [-0.39, 0.29) is 10.9 Å². The van der Waals surface area contributed by atoms with E-state index in [9.17, 15) is 18.0 Å². The highest BCUT2D eigenvalue weighted by molar-refractivity contribution is 7.89. The largest absolute Gasteiger partial charge is 0.378 e. The number of carbonyl (C=O) groups excluding carboxylic acids is 2. The van der Waals surface area contributed by atoms with Crippen molar-refractivity contribution in [3.05, 3.63) is 24.3 Å². The van der Waals surface area contributed by atoms with E-state index < -0.39 is 21.8 Å². The fourth-order valence-electron chi connectivity index (χ4n) is 3.32. The Hall–Kier alpha value is -1.97. The van der Waals surface area contributed by atoms with Gasteiger partial charge in [0.05, 0.1) is 18.1 Å². The van der Waals surface area contributed by atoms with E-state index in [1.807, 2.05) is 0 Å². The zero-order valence-corrected chi connectivity index (χ0v) is 16.0. The molecule has 1 aliphatic carbocycles. The maximum atomic E-state index is 12.5. The van der Waals surface area contributed by atoms with Crippen molar-refractivity contribution in [2.75, 3.05) is 31.6 Å². The number of amides is 2. The monoisotopic (exact) mass is 395 g/mol. The molecule has 3 rings (SSSR count). The van der Waals surface area contributed by atoms with Crippen molar-refractivity contribution in [3.63, 3.8) is 0 Å². The van der Waals surface area contributed by atoms with E-state index >= 15 is 0 Å². The van der Waals surface area contributed by atoms with E-state index in [0.29, 0.717) is 32.0 Å². The van der Waals surface area contributed by atoms with Crippen molar-refractivity contribution in [3.8, 4) is 0 Å². The molecule has 8 nitrogen and oxygen atoms in total. The van der Waals surface area contributed by atoms with Crippen LogP contribution < -0.4 is 10.0 Å². The van der Waals surface area contributed by atoms with Crippen molar-refractivity contribution in [1.29, 1.82) is 0 Å². The molecule has 27 heavy (non-hydrogen) atoms. The second-order valence-corrected chi connectivity index (χ2v) is 8.55. The second kappa shape index (κ2) is 8.81. The minimum absolute atomic E-state index is 0.0192. The van der Waals surface area contributed by atoms with E-state index in [1.54, 1.807) is 0 Å². The molecule has 0 bridgehead atoms. The van der Waals surface area contributed by atoms with Gasteiger partial charge in [0.25, 0.3) is 0 Å². The Morgan fingerprint density at radius 1 is 1.00 bits per heavy atom. The molecule has 1 aromatic carbocycles. The highest BCUT2D eigenvalue weighted by atomic mass is 32.2. The molecule has 1 aromatic rings. The summed E-state index contributed by atoms with van der Waals surface area (Å²) < 4.78 is 32.9. The summed E-state index contributed by atoms with van der Waals surface area (Å²) in [6, 6.07) is 5.81. The number of morpholine rings is 1. The molecule has 0 unspecified atom stereocenters. The van der Waals surface area contributed by atoms with Crippen molar-refractivity contribution in [2.45, 2.75) is 43.0 Å². The Bertz CT molecular complexity index is 767. The van der Waals surface area contributed by atoms with Crippen molar-refractivity contribution in [1.82, 2.24) is 9.62 Å². The lowest BCUT2D eigenvalue weighted by molar-refractivity contribution is -0.145. The number of hydrogen-bond donors (Lipinski definition) is 2. The molecule has 2 amide bonds. The standard InChI is InChI=1S/C18H25N3O5S/c22-17(18(23)21-10-12-26-13-11-21)19-14-6-8-16(9-7-14)27(24,25)20-15-4-2-1-3-5-15/h6-9,15,20H,1-5,10-13H2,(H,19,22). The zero-order chi connectivity index (χ0) is 19.3. The van der Waals surface area contributed by atoms with Gasteiger partial charge >= 0.3 is 11.8 Å². The third-order valence-electron chi connectivity index (χ3n) is 4.84. The second-order valence-electron chi connectivity index (χ2n) is 6.84. The first-order chi connectivity index (χ1) is 13.0. The predicted octanol–water partition coefficient (Wildman–Crippen LogP) is 1.09. The van der Waals surface area contributed by atoms with E-state index in [1.165, 1.54) is 29.2 Å². The summed E-state index contributed by atoms with van der Waals surface area (Å²) >= 11 is 0. The van der Waals surface area contributed by atoms with Crippen LogP contribution in [0.5, 0.6) is 0 Å².